The third kappa shape index (κ3) is 2.80. The lowest BCUT2D eigenvalue weighted by Gasteiger charge is -2.38. The van der Waals surface area contributed by atoms with Crippen LogP contribution in [0.15, 0.2) is 29.0 Å². The van der Waals surface area contributed by atoms with Gasteiger partial charge < -0.3 is 9.80 Å². The van der Waals surface area contributed by atoms with Crippen LogP contribution in [0.2, 0.25) is 0 Å². The number of anilines is 1. The van der Waals surface area contributed by atoms with Crippen LogP contribution in [0.4, 0.5) is 5.69 Å². The monoisotopic (exact) mass is 374 g/mol. The van der Waals surface area contributed by atoms with Crippen molar-refractivity contribution in [2.24, 2.45) is 0 Å². The summed E-state index contributed by atoms with van der Waals surface area (Å²) in [6, 6.07) is 4.46. The second kappa shape index (κ2) is 6.07. The normalized spacial score (nSPS) is 19.8. The fraction of sp³-hybridized carbons (Fsp3) is 0.471. The fourth-order valence-electron chi connectivity index (χ4n) is 3.72. The summed E-state index contributed by atoms with van der Waals surface area (Å²) in [6.45, 7) is 2.87. The van der Waals surface area contributed by atoms with Crippen molar-refractivity contribution in [3.8, 4) is 0 Å². The predicted molar refractivity (Wildman–Crippen MR) is 93.4 cm³/mol. The Labute approximate surface area is 143 Å². The molecule has 4 rings (SSSR count). The van der Waals surface area contributed by atoms with Gasteiger partial charge in [-0.2, -0.15) is 0 Å². The van der Waals surface area contributed by atoms with E-state index in [2.05, 4.69) is 35.7 Å². The highest BCUT2D eigenvalue weighted by Crippen LogP contribution is 2.29. The molecule has 0 spiro atoms. The summed E-state index contributed by atoms with van der Waals surface area (Å²) in [7, 11) is 0. The average Bonchev–Trinajstić information content (AvgIpc) is 3.00. The second-order valence-corrected chi connectivity index (χ2v) is 7.18. The van der Waals surface area contributed by atoms with Crippen LogP contribution >= 0.6 is 15.9 Å². The van der Waals surface area contributed by atoms with E-state index in [1.807, 2.05) is 24.5 Å². The number of hydrogen-bond donors (Lipinski definition) is 0. The zero-order chi connectivity index (χ0) is 15.8. The minimum atomic E-state index is 0.337. The van der Waals surface area contributed by atoms with Gasteiger partial charge >= 0.3 is 0 Å². The largest absolute Gasteiger partial charge is 0.370 e. The molecule has 0 aliphatic carbocycles. The fourth-order valence-corrected chi connectivity index (χ4v) is 4.04. The topological polar surface area (TPSA) is 49.3 Å². The standard InChI is InChI=1S/C17H19BrN4O/c18-12-10-14-17(20-11-12)15(3-6-19-14)21-8-4-13(5-9-21)22-7-1-2-16(22)23/h3,6,10-11,13H,1-2,4-5,7-9H2. The van der Waals surface area contributed by atoms with Gasteiger partial charge in [0.1, 0.15) is 5.52 Å². The summed E-state index contributed by atoms with van der Waals surface area (Å²) in [5.41, 5.74) is 3.01. The Balaban J connectivity index is 1.53. The molecule has 4 heterocycles. The highest BCUT2D eigenvalue weighted by Gasteiger charge is 2.31. The van der Waals surface area contributed by atoms with E-state index in [1.165, 1.54) is 0 Å². The Morgan fingerprint density at radius 1 is 1.17 bits per heavy atom. The first-order valence-electron chi connectivity index (χ1n) is 8.17. The Bertz CT molecular complexity index is 742. The van der Waals surface area contributed by atoms with E-state index >= 15 is 0 Å². The SMILES string of the molecule is O=C1CCCN1C1CCN(c2ccnc3cc(Br)cnc23)CC1. The third-order valence-corrected chi connectivity index (χ3v) is 5.31. The molecule has 0 bridgehead atoms. The lowest BCUT2D eigenvalue weighted by Crippen LogP contribution is -2.45. The number of carbonyl (C=O) groups is 1. The first kappa shape index (κ1) is 14.9. The van der Waals surface area contributed by atoms with E-state index in [0.29, 0.717) is 11.9 Å². The summed E-state index contributed by atoms with van der Waals surface area (Å²) in [5, 5.41) is 0. The number of likely N-dealkylation sites (tertiary alicyclic amines) is 1. The zero-order valence-electron chi connectivity index (χ0n) is 12.9. The molecule has 0 radical (unpaired) electrons. The quantitative estimate of drug-likeness (QED) is 0.810. The van der Waals surface area contributed by atoms with Crippen molar-refractivity contribution in [2.75, 3.05) is 24.5 Å². The van der Waals surface area contributed by atoms with Crippen LogP contribution in [-0.2, 0) is 4.79 Å². The molecule has 2 aliphatic rings. The molecule has 23 heavy (non-hydrogen) atoms. The molecular formula is C17H19BrN4O. The van der Waals surface area contributed by atoms with Gasteiger partial charge in [-0.3, -0.25) is 14.8 Å². The van der Waals surface area contributed by atoms with E-state index in [-0.39, 0.29) is 0 Å². The van der Waals surface area contributed by atoms with Crippen LogP contribution in [0.3, 0.4) is 0 Å². The number of pyridine rings is 2. The number of amides is 1. The van der Waals surface area contributed by atoms with Crippen LogP contribution in [0.25, 0.3) is 11.0 Å². The molecule has 2 fully saturated rings. The molecule has 0 unspecified atom stereocenters. The molecule has 1 amide bonds. The van der Waals surface area contributed by atoms with Crippen LogP contribution < -0.4 is 4.90 Å². The van der Waals surface area contributed by atoms with Crippen molar-refractivity contribution < 1.29 is 4.79 Å². The van der Waals surface area contributed by atoms with Crippen molar-refractivity contribution in [2.45, 2.75) is 31.7 Å². The molecule has 6 heteroatoms. The van der Waals surface area contributed by atoms with Gasteiger partial charge in [0.2, 0.25) is 5.91 Å². The van der Waals surface area contributed by atoms with E-state index in [4.69, 9.17) is 0 Å². The maximum Gasteiger partial charge on any atom is 0.222 e. The van der Waals surface area contributed by atoms with Crippen molar-refractivity contribution >= 4 is 38.6 Å². The molecule has 0 aromatic carbocycles. The molecule has 120 valence electrons. The summed E-state index contributed by atoms with van der Waals surface area (Å²) in [6.07, 6.45) is 7.49. The zero-order valence-corrected chi connectivity index (χ0v) is 14.5. The molecule has 2 saturated heterocycles. The van der Waals surface area contributed by atoms with Crippen LogP contribution in [0, 0.1) is 0 Å². The number of halogens is 1. The lowest BCUT2D eigenvalue weighted by atomic mass is 10.0. The number of nitrogens with zero attached hydrogens (tertiary/aromatic N) is 4. The van der Waals surface area contributed by atoms with Gasteiger partial charge in [-0.1, -0.05) is 0 Å². The van der Waals surface area contributed by atoms with E-state index in [1.54, 1.807) is 0 Å². The number of aromatic nitrogens is 2. The maximum atomic E-state index is 11.9. The van der Waals surface area contributed by atoms with Gasteiger partial charge in [0.15, 0.2) is 0 Å². The molecule has 0 atom stereocenters. The Hall–Kier alpha value is -1.69. The second-order valence-electron chi connectivity index (χ2n) is 6.26. The number of piperidine rings is 1. The van der Waals surface area contributed by atoms with E-state index < -0.39 is 0 Å². The summed E-state index contributed by atoms with van der Waals surface area (Å²) in [4.78, 5) is 25.4. The molecule has 0 saturated carbocycles. The van der Waals surface area contributed by atoms with Crippen molar-refractivity contribution in [1.29, 1.82) is 0 Å². The summed E-state index contributed by atoms with van der Waals surface area (Å²) in [5.74, 6) is 0.337. The van der Waals surface area contributed by atoms with Gasteiger partial charge in [-0.05, 0) is 47.3 Å². The van der Waals surface area contributed by atoms with Crippen molar-refractivity contribution in [1.82, 2.24) is 14.9 Å². The van der Waals surface area contributed by atoms with E-state index in [9.17, 15) is 4.79 Å². The third-order valence-electron chi connectivity index (χ3n) is 4.88. The molecule has 0 N–H and O–H groups in total. The first-order valence-corrected chi connectivity index (χ1v) is 8.96. The minimum Gasteiger partial charge on any atom is -0.370 e. The summed E-state index contributed by atoms with van der Waals surface area (Å²) >= 11 is 3.45. The molecule has 5 nitrogen and oxygen atoms in total. The first-order chi connectivity index (χ1) is 11.2. The summed E-state index contributed by atoms with van der Waals surface area (Å²) < 4.78 is 0.945. The number of fused-ring (bicyclic) bond motifs is 1. The number of carbonyl (C=O) groups excluding carboxylic acids is 1. The van der Waals surface area contributed by atoms with Crippen LogP contribution in [0.1, 0.15) is 25.7 Å². The van der Waals surface area contributed by atoms with Crippen molar-refractivity contribution in [3.63, 3.8) is 0 Å². The molecule has 2 aromatic heterocycles. The van der Waals surface area contributed by atoms with Gasteiger partial charge in [-0.15, -0.1) is 0 Å². The smallest absolute Gasteiger partial charge is 0.222 e. The lowest BCUT2D eigenvalue weighted by molar-refractivity contribution is -0.130. The van der Waals surface area contributed by atoms with Gasteiger partial charge in [0, 0.05) is 49.0 Å². The average molecular weight is 375 g/mol. The Morgan fingerprint density at radius 2 is 2.00 bits per heavy atom. The predicted octanol–water partition coefficient (Wildman–Crippen LogP) is 2.98. The highest BCUT2D eigenvalue weighted by molar-refractivity contribution is 9.10. The van der Waals surface area contributed by atoms with Gasteiger partial charge in [0.05, 0.1) is 11.2 Å². The Morgan fingerprint density at radius 3 is 2.74 bits per heavy atom. The molecular weight excluding hydrogens is 356 g/mol. The van der Waals surface area contributed by atoms with Crippen LogP contribution in [0.5, 0.6) is 0 Å². The van der Waals surface area contributed by atoms with E-state index in [0.717, 1.165) is 66.5 Å². The molecule has 2 aliphatic heterocycles. The minimum absolute atomic E-state index is 0.337. The number of rotatable bonds is 2. The van der Waals surface area contributed by atoms with Crippen LogP contribution in [-0.4, -0.2) is 46.5 Å². The van der Waals surface area contributed by atoms with Gasteiger partial charge in [-0.25, -0.2) is 0 Å². The highest BCUT2D eigenvalue weighted by atomic mass is 79.9. The number of hydrogen-bond acceptors (Lipinski definition) is 4. The van der Waals surface area contributed by atoms with Gasteiger partial charge in [0.25, 0.3) is 0 Å². The van der Waals surface area contributed by atoms with Crippen molar-refractivity contribution in [3.05, 3.63) is 29.0 Å². The molecule has 2 aromatic rings. The Kier molecular flexibility index (Phi) is 3.93. The maximum absolute atomic E-state index is 11.9.